The van der Waals surface area contributed by atoms with E-state index in [-0.39, 0.29) is 19.0 Å². The van der Waals surface area contributed by atoms with E-state index in [1.807, 2.05) is 0 Å². The van der Waals surface area contributed by atoms with Gasteiger partial charge in [-0.05, 0) is 23.8 Å². The molecule has 1 aliphatic heterocycles. The zero-order valence-electron chi connectivity index (χ0n) is 11.1. The topological polar surface area (TPSA) is 49.6 Å². The Morgan fingerprint density at radius 2 is 2.00 bits per heavy atom. The average molecular weight is 287 g/mol. The molecule has 1 aliphatic rings. The van der Waals surface area contributed by atoms with Crippen molar-refractivity contribution >= 4 is 11.6 Å². The summed E-state index contributed by atoms with van der Waals surface area (Å²) in [7, 11) is 1.70. The van der Waals surface area contributed by atoms with Crippen molar-refractivity contribution in [3.8, 4) is 0 Å². The normalized spacial score (nSPS) is 16.8. The van der Waals surface area contributed by atoms with Gasteiger partial charge in [-0.1, -0.05) is 0 Å². The van der Waals surface area contributed by atoms with Crippen molar-refractivity contribution in [3.05, 3.63) is 29.3 Å². The number of likely N-dealkylation sites (N-methyl/N-ethyl adjacent to an activating group) is 1. The van der Waals surface area contributed by atoms with Gasteiger partial charge < -0.3 is 15.5 Å². The zero-order chi connectivity index (χ0) is 14.9. The highest BCUT2D eigenvalue weighted by molar-refractivity contribution is 5.83. The lowest BCUT2D eigenvalue weighted by atomic mass is 10.1. The van der Waals surface area contributed by atoms with Gasteiger partial charge in [0, 0.05) is 32.4 Å². The Morgan fingerprint density at radius 1 is 1.30 bits per heavy atom. The fourth-order valence-electron chi connectivity index (χ4n) is 2.20. The minimum Gasteiger partial charge on any atom is -0.360 e. The molecular weight excluding hydrogens is 271 g/mol. The van der Waals surface area contributed by atoms with E-state index in [0.29, 0.717) is 24.3 Å². The molecule has 0 unspecified atom stereocenters. The third-order valence-corrected chi connectivity index (χ3v) is 3.42. The first-order valence-corrected chi connectivity index (χ1v) is 6.22. The number of nitrogens with two attached hydrogens (primary N) is 1. The number of carbonyl (C=O) groups excluding carboxylic acids is 1. The van der Waals surface area contributed by atoms with Gasteiger partial charge >= 0.3 is 6.18 Å². The highest BCUT2D eigenvalue weighted by Crippen LogP contribution is 2.33. The van der Waals surface area contributed by atoms with Gasteiger partial charge in [0.1, 0.15) is 0 Å². The van der Waals surface area contributed by atoms with Crippen molar-refractivity contribution in [3.63, 3.8) is 0 Å². The van der Waals surface area contributed by atoms with Gasteiger partial charge in [0.25, 0.3) is 0 Å². The van der Waals surface area contributed by atoms with Crippen LogP contribution in [0.4, 0.5) is 18.9 Å². The maximum atomic E-state index is 12.7. The van der Waals surface area contributed by atoms with E-state index in [0.717, 1.165) is 12.1 Å². The lowest BCUT2D eigenvalue weighted by molar-refractivity contribution is -0.137. The summed E-state index contributed by atoms with van der Waals surface area (Å²) in [5.74, 6) is -0.0564. The molecule has 1 heterocycles. The molecule has 1 aromatic carbocycles. The Hall–Kier alpha value is -1.76. The third-order valence-electron chi connectivity index (χ3n) is 3.42. The SMILES string of the molecule is CN1CCN(c2ccc(C(F)(F)F)cc2CN)CC1=O. The predicted octanol–water partition coefficient (Wildman–Crippen LogP) is 1.44. The second-order valence-electron chi connectivity index (χ2n) is 4.78. The summed E-state index contributed by atoms with van der Waals surface area (Å²) >= 11 is 0. The summed E-state index contributed by atoms with van der Waals surface area (Å²) in [6, 6.07) is 3.47. The smallest absolute Gasteiger partial charge is 0.360 e. The number of anilines is 1. The Labute approximate surface area is 114 Å². The lowest BCUT2D eigenvalue weighted by Gasteiger charge is -2.34. The van der Waals surface area contributed by atoms with Crippen LogP contribution in [0.5, 0.6) is 0 Å². The molecule has 0 saturated carbocycles. The molecule has 0 aliphatic carbocycles. The molecular formula is C13H16F3N3O. The van der Waals surface area contributed by atoms with Crippen molar-refractivity contribution in [1.82, 2.24) is 4.90 Å². The number of carbonyl (C=O) groups is 1. The van der Waals surface area contributed by atoms with Crippen LogP contribution in [-0.4, -0.2) is 37.5 Å². The molecule has 1 amide bonds. The number of rotatable bonds is 2. The standard InChI is InChI=1S/C13H16F3N3O/c1-18-4-5-19(8-12(18)20)11-3-2-10(13(14,15)16)6-9(11)7-17/h2-3,6H,4-5,7-8,17H2,1H3. The zero-order valence-corrected chi connectivity index (χ0v) is 11.1. The van der Waals surface area contributed by atoms with Crippen LogP contribution in [0.3, 0.4) is 0 Å². The van der Waals surface area contributed by atoms with E-state index < -0.39 is 11.7 Å². The Balaban J connectivity index is 2.30. The summed E-state index contributed by atoms with van der Waals surface area (Å²) < 4.78 is 38.0. The number of halogens is 3. The first kappa shape index (κ1) is 14.6. The molecule has 20 heavy (non-hydrogen) atoms. The highest BCUT2D eigenvalue weighted by atomic mass is 19.4. The largest absolute Gasteiger partial charge is 0.416 e. The summed E-state index contributed by atoms with van der Waals surface area (Å²) in [5, 5.41) is 0. The summed E-state index contributed by atoms with van der Waals surface area (Å²) in [4.78, 5) is 15.0. The number of nitrogens with zero attached hydrogens (tertiary/aromatic N) is 2. The van der Waals surface area contributed by atoms with Crippen LogP contribution in [-0.2, 0) is 17.5 Å². The molecule has 4 nitrogen and oxygen atoms in total. The van der Waals surface area contributed by atoms with Gasteiger partial charge in [-0.2, -0.15) is 13.2 Å². The van der Waals surface area contributed by atoms with Crippen LogP contribution in [0.15, 0.2) is 18.2 Å². The van der Waals surface area contributed by atoms with Crippen LogP contribution >= 0.6 is 0 Å². The first-order valence-electron chi connectivity index (χ1n) is 6.22. The Bertz CT molecular complexity index is 516. The minimum atomic E-state index is -4.39. The van der Waals surface area contributed by atoms with E-state index in [2.05, 4.69) is 0 Å². The van der Waals surface area contributed by atoms with Gasteiger partial charge in [-0.25, -0.2) is 0 Å². The van der Waals surface area contributed by atoms with E-state index in [9.17, 15) is 18.0 Å². The number of benzene rings is 1. The number of hydrogen-bond donors (Lipinski definition) is 1. The van der Waals surface area contributed by atoms with Crippen LogP contribution < -0.4 is 10.6 Å². The molecule has 7 heteroatoms. The predicted molar refractivity (Wildman–Crippen MR) is 69.2 cm³/mol. The Morgan fingerprint density at radius 3 is 2.55 bits per heavy atom. The second kappa shape index (κ2) is 5.32. The molecule has 1 aromatic rings. The molecule has 2 N–H and O–H groups in total. The maximum Gasteiger partial charge on any atom is 0.416 e. The first-order chi connectivity index (χ1) is 9.32. The van der Waals surface area contributed by atoms with Crippen LogP contribution in [0.25, 0.3) is 0 Å². The summed E-state index contributed by atoms with van der Waals surface area (Å²) in [6.45, 7) is 1.29. The number of hydrogen-bond acceptors (Lipinski definition) is 3. The van der Waals surface area contributed by atoms with Crippen LogP contribution in [0.1, 0.15) is 11.1 Å². The molecule has 0 spiro atoms. The van der Waals surface area contributed by atoms with Gasteiger partial charge in [0.05, 0.1) is 12.1 Å². The molecule has 110 valence electrons. The van der Waals surface area contributed by atoms with Crippen molar-refractivity contribution in [2.45, 2.75) is 12.7 Å². The van der Waals surface area contributed by atoms with Crippen LogP contribution in [0.2, 0.25) is 0 Å². The minimum absolute atomic E-state index is 0.000215. The summed E-state index contributed by atoms with van der Waals surface area (Å²) in [5.41, 5.74) is 5.82. The number of alkyl halides is 3. The van der Waals surface area contributed by atoms with Gasteiger partial charge in [0.2, 0.25) is 5.91 Å². The molecule has 0 atom stereocenters. The fraction of sp³-hybridized carbons (Fsp3) is 0.462. The third kappa shape index (κ3) is 2.87. The molecule has 0 radical (unpaired) electrons. The van der Waals surface area contributed by atoms with E-state index in [1.165, 1.54) is 6.07 Å². The molecule has 1 saturated heterocycles. The average Bonchev–Trinajstić information content (AvgIpc) is 2.40. The van der Waals surface area contributed by atoms with Gasteiger partial charge in [-0.3, -0.25) is 4.79 Å². The van der Waals surface area contributed by atoms with Crippen molar-refractivity contribution in [2.24, 2.45) is 5.73 Å². The van der Waals surface area contributed by atoms with Crippen LogP contribution in [0, 0.1) is 0 Å². The molecule has 0 bridgehead atoms. The Kier molecular flexibility index (Phi) is 3.89. The monoisotopic (exact) mass is 287 g/mol. The number of amides is 1. The van der Waals surface area contributed by atoms with E-state index in [4.69, 9.17) is 5.73 Å². The number of piperazine rings is 1. The van der Waals surface area contributed by atoms with E-state index >= 15 is 0 Å². The van der Waals surface area contributed by atoms with Crippen molar-refractivity contribution in [1.29, 1.82) is 0 Å². The van der Waals surface area contributed by atoms with Crippen molar-refractivity contribution in [2.75, 3.05) is 31.6 Å². The molecule has 0 aromatic heterocycles. The van der Waals surface area contributed by atoms with E-state index in [1.54, 1.807) is 16.8 Å². The van der Waals surface area contributed by atoms with Gasteiger partial charge in [0.15, 0.2) is 0 Å². The summed E-state index contributed by atoms with van der Waals surface area (Å²) in [6.07, 6.45) is -4.39. The quantitative estimate of drug-likeness (QED) is 0.895. The van der Waals surface area contributed by atoms with Gasteiger partial charge in [-0.15, -0.1) is 0 Å². The fourth-order valence-corrected chi connectivity index (χ4v) is 2.20. The molecule has 2 rings (SSSR count). The highest BCUT2D eigenvalue weighted by Gasteiger charge is 2.31. The lowest BCUT2D eigenvalue weighted by Crippen LogP contribution is -2.48. The van der Waals surface area contributed by atoms with Crippen molar-refractivity contribution < 1.29 is 18.0 Å². The maximum absolute atomic E-state index is 12.7. The molecule has 1 fully saturated rings. The second-order valence-corrected chi connectivity index (χ2v) is 4.78.